The van der Waals surface area contributed by atoms with Gasteiger partial charge in [0.25, 0.3) is 0 Å². The van der Waals surface area contributed by atoms with Crippen molar-refractivity contribution in [1.29, 1.82) is 0 Å². The first-order valence-corrected chi connectivity index (χ1v) is 7.53. The number of carbonyl (C=O) groups excluding carboxylic acids is 2. The molecule has 0 aliphatic heterocycles. The Morgan fingerprint density at radius 3 is 2.80 bits per heavy atom. The zero-order valence-corrected chi connectivity index (χ0v) is 12.6. The second-order valence-corrected chi connectivity index (χ2v) is 5.23. The molecule has 0 aromatic carbocycles. The molecule has 1 aliphatic carbocycles. The molecule has 1 atom stereocenters. The molecule has 0 heterocycles. The molecular weight excluding hydrogens is 252 g/mol. The Balaban J connectivity index is 2.34. The first-order valence-electron chi connectivity index (χ1n) is 7.53. The second kappa shape index (κ2) is 9.34. The van der Waals surface area contributed by atoms with E-state index in [4.69, 9.17) is 0 Å². The van der Waals surface area contributed by atoms with E-state index in [2.05, 4.69) is 35.8 Å². The fourth-order valence-electron chi connectivity index (χ4n) is 2.25. The maximum atomic E-state index is 12.1. The Morgan fingerprint density at radius 1 is 1.40 bits per heavy atom. The SMILES string of the molecule is CCCCC(NC(C)=O)C(=O)NCCC1=CC=CCC1. The van der Waals surface area contributed by atoms with Crippen LogP contribution in [0.3, 0.4) is 0 Å². The molecule has 4 heteroatoms. The summed E-state index contributed by atoms with van der Waals surface area (Å²) < 4.78 is 0. The van der Waals surface area contributed by atoms with Crippen molar-refractivity contribution in [2.24, 2.45) is 0 Å². The lowest BCUT2D eigenvalue weighted by molar-refractivity contribution is -0.128. The predicted molar refractivity (Wildman–Crippen MR) is 81.2 cm³/mol. The Morgan fingerprint density at radius 2 is 2.20 bits per heavy atom. The smallest absolute Gasteiger partial charge is 0.242 e. The van der Waals surface area contributed by atoms with Crippen LogP contribution in [-0.4, -0.2) is 24.4 Å². The van der Waals surface area contributed by atoms with Crippen molar-refractivity contribution in [3.05, 3.63) is 23.8 Å². The summed E-state index contributed by atoms with van der Waals surface area (Å²) >= 11 is 0. The molecule has 0 saturated heterocycles. The number of rotatable bonds is 8. The molecule has 0 fully saturated rings. The Labute approximate surface area is 121 Å². The van der Waals surface area contributed by atoms with Crippen LogP contribution in [0.25, 0.3) is 0 Å². The van der Waals surface area contributed by atoms with Gasteiger partial charge in [-0.1, -0.05) is 43.6 Å². The van der Waals surface area contributed by atoms with E-state index in [1.54, 1.807) is 0 Å². The maximum absolute atomic E-state index is 12.1. The summed E-state index contributed by atoms with van der Waals surface area (Å²) in [5, 5.41) is 5.65. The minimum atomic E-state index is -0.396. The van der Waals surface area contributed by atoms with Gasteiger partial charge in [-0.05, 0) is 25.7 Å². The third-order valence-electron chi connectivity index (χ3n) is 3.39. The molecular formula is C16H26N2O2. The van der Waals surface area contributed by atoms with Crippen molar-refractivity contribution in [2.75, 3.05) is 6.54 Å². The van der Waals surface area contributed by atoms with Gasteiger partial charge in [-0.3, -0.25) is 9.59 Å². The summed E-state index contributed by atoms with van der Waals surface area (Å²) in [6, 6.07) is -0.396. The maximum Gasteiger partial charge on any atom is 0.242 e. The molecule has 0 radical (unpaired) electrons. The van der Waals surface area contributed by atoms with E-state index in [0.29, 0.717) is 13.0 Å². The van der Waals surface area contributed by atoms with Gasteiger partial charge in [0, 0.05) is 13.5 Å². The van der Waals surface area contributed by atoms with Gasteiger partial charge in [-0.15, -0.1) is 0 Å². The number of hydrogen-bond donors (Lipinski definition) is 2. The number of amides is 2. The Kier molecular flexibility index (Phi) is 7.70. The average molecular weight is 278 g/mol. The minimum absolute atomic E-state index is 0.0689. The van der Waals surface area contributed by atoms with E-state index in [-0.39, 0.29) is 11.8 Å². The molecule has 0 bridgehead atoms. The molecule has 0 aromatic heterocycles. The summed E-state index contributed by atoms with van der Waals surface area (Å²) in [4.78, 5) is 23.2. The lowest BCUT2D eigenvalue weighted by atomic mass is 10.0. The third-order valence-corrected chi connectivity index (χ3v) is 3.39. The zero-order chi connectivity index (χ0) is 14.8. The monoisotopic (exact) mass is 278 g/mol. The number of carbonyl (C=O) groups is 2. The van der Waals surface area contributed by atoms with Gasteiger partial charge in [0.15, 0.2) is 0 Å². The molecule has 20 heavy (non-hydrogen) atoms. The topological polar surface area (TPSA) is 58.2 Å². The molecule has 1 rings (SSSR count). The molecule has 2 amide bonds. The van der Waals surface area contributed by atoms with Crippen molar-refractivity contribution in [1.82, 2.24) is 10.6 Å². The quantitative estimate of drug-likeness (QED) is 0.716. The highest BCUT2D eigenvalue weighted by Gasteiger charge is 2.18. The van der Waals surface area contributed by atoms with Crippen LogP contribution in [0.5, 0.6) is 0 Å². The van der Waals surface area contributed by atoms with Crippen LogP contribution in [-0.2, 0) is 9.59 Å². The Hall–Kier alpha value is -1.58. The van der Waals surface area contributed by atoms with Crippen LogP contribution >= 0.6 is 0 Å². The molecule has 1 aliphatic rings. The van der Waals surface area contributed by atoms with Gasteiger partial charge in [0.05, 0.1) is 0 Å². The lowest BCUT2D eigenvalue weighted by Gasteiger charge is -2.18. The highest BCUT2D eigenvalue weighted by atomic mass is 16.2. The molecule has 0 aromatic rings. The lowest BCUT2D eigenvalue weighted by Crippen LogP contribution is -2.46. The standard InChI is InChI=1S/C16H26N2O2/c1-3-4-10-15(18-13(2)19)16(20)17-12-11-14-8-6-5-7-9-14/h5-6,8,15H,3-4,7,9-12H2,1-2H3,(H,17,20)(H,18,19). The van der Waals surface area contributed by atoms with Gasteiger partial charge in [-0.25, -0.2) is 0 Å². The van der Waals surface area contributed by atoms with Crippen molar-refractivity contribution in [2.45, 2.75) is 58.4 Å². The number of nitrogens with one attached hydrogen (secondary N) is 2. The van der Waals surface area contributed by atoms with Crippen LogP contribution < -0.4 is 10.6 Å². The molecule has 0 spiro atoms. The van der Waals surface area contributed by atoms with Gasteiger partial charge in [-0.2, -0.15) is 0 Å². The van der Waals surface area contributed by atoms with Crippen molar-refractivity contribution < 1.29 is 9.59 Å². The largest absolute Gasteiger partial charge is 0.354 e. The van der Waals surface area contributed by atoms with Crippen LogP contribution in [0.1, 0.15) is 52.4 Å². The number of hydrogen-bond acceptors (Lipinski definition) is 2. The van der Waals surface area contributed by atoms with Gasteiger partial charge >= 0.3 is 0 Å². The van der Waals surface area contributed by atoms with E-state index in [1.807, 2.05) is 0 Å². The third kappa shape index (κ3) is 6.55. The molecule has 2 N–H and O–H groups in total. The second-order valence-electron chi connectivity index (χ2n) is 5.23. The molecule has 112 valence electrons. The fraction of sp³-hybridized carbons (Fsp3) is 0.625. The minimum Gasteiger partial charge on any atom is -0.354 e. The van der Waals surface area contributed by atoms with E-state index >= 15 is 0 Å². The van der Waals surface area contributed by atoms with Crippen LogP contribution in [0, 0.1) is 0 Å². The van der Waals surface area contributed by atoms with Gasteiger partial charge in [0.1, 0.15) is 6.04 Å². The highest BCUT2D eigenvalue weighted by molar-refractivity contribution is 5.86. The number of allylic oxidation sites excluding steroid dienone is 3. The van der Waals surface area contributed by atoms with Crippen molar-refractivity contribution >= 4 is 11.8 Å². The zero-order valence-electron chi connectivity index (χ0n) is 12.6. The van der Waals surface area contributed by atoms with Gasteiger partial charge < -0.3 is 10.6 Å². The van der Waals surface area contributed by atoms with E-state index in [1.165, 1.54) is 12.5 Å². The van der Waals surface area contributed by atoms with E-state index in [9.17, 15) is 9.59 Å². The summed E-state index contributed by atoms with van der Waals surface area (Å²) in [6.45, 7) is 4.16. The van der Waals surface area contributed by atoms with Crippen LogP contribution in [0.15, 0.2) is 23.8 Å². The van der Waals surface area contributed by atoms with Gasteiger partial charge in [0.2, 0.25) is 11.8 Å². The van der Waals surface area contributed by atoms with Crippen molar-refractivity contribution in [3.8, 4) is 0 Å². The number of unbranched alkanes of at least 4 members (excludes halogenated alkanes) is 1. The average Bonchev–Trinajstić information content (AvgIpc) is 2.44. The summed E-state index contributed by atoms with van der Waals surface area (Å²) in [7, 11) is 0. The summed E-state index contributed by atoms with van der Waals surface area (Å²) in [5.74, 6) is -0.220. The van der Waals surface area contributed by atoms with E-state index < -0.39 is 6.04 Å². The van der Waals surface area contributed by atoms with Crippen LogP contribution in [0.2, 0.25) is 0 Å². The first kappa shape index (κ1) is 16.5. The van der Waals surface area contributed by atoms with Crippen LogP contribution in [0.4, 0.5) is 0 Å². The molecule has 1 unspecified atom stereocenters. The normalized spacial score (nSPS) is 15.4. The fourth-order valence-corrected chi connectivity index (χ4v) is 2.25. The summed E-state index contributed by atoms with van der Waals surface area (Å²) in [5.41, 5.74) is 1.37. The molecule has 0 saturated carbocycles. The Bertz CT molecular complexity index is 386. The van der Waals surface area contributed by atoms with Crippen molar-refractivity contribution in [3.63, 3.8) is 0 Å². The molecule has 4 nitrogen and oxygen atoms in total. The first-order chi connectivity index (χ1) is 9.63. The summed E-state index contributed by atoms with van der Waals surface area (Å²) in [6.07, 6.45) is 12.1. The van der Waals surface area contributed by atoms with E-state index in [0.717, 1.165) is 32.1 Å². The highest BCUT2D eigenvalue weighted by Crippen LogP contribution is 2.14. The predicted octanol–water partition coefficient (Wildman–Crippen LogP) is 2.46.